The van der Waals surface area contributed by atoms with E-state index in [0.29, 0.717) is 0 Å². The standard InChI is InChI=1S/2C6H7O.Fe/c2*7-5-6-3-1-2-4-6;/h2*1-4,7H,5H2;/q;;+2. The van der Waals surface area contributed by atoms with E-state index >= 15 is 0 Å². The van der Waals surface area contributed by atoms with E-state index in [9.17, 15) is 0 Å². The fourth-order valence-corrected chi connectivity index (χ4v) is 1.04. The molecular weight excluding hydrogens is 232 g/mol. The molecule has 0 aromatic heterocycles. The number of hydrogen-bond donors (Lipinski definition) is 2. The smallest absolute Gasteiger partial charge is 0.396 e. The quantitative estimate of drug-likeness (QED) is 0.706. The van der Waals surface area contributed by atoms with Crippen molar-refractivity contribution in [3.8, 4) is 0 Å². The molecule has 80 valence electrons. The minimum Gasteiger partial charge on any atom is -0.396 e. The monoisotopic (exact) mass is 246 g/mol. The number of aliphatic hydroxyl groups is 2. The second-order valence-corrected chi connectivity index (χ2v) is 2.90. The van der Waals surface area contributed by atoms with Gasteiger partial charge in [-0.15, -0.1) is 0 Å². The summed E-state index contributed by atoms with van der Waals surface area (Å²) in [5.74, 6) is 1.97. The summed E-state index contributed by atoms with van der Waals surface area (Å²) < 4.78 is 0. The van der Waals surface area contributed by atoms with Gasteiger partial charge in [-0.05, 0) is 51.4 Å². The van der Waals surface area contributed by atoms with E-state index in [-0.39, 0.29) is 30.3 Å². The Hall–Kier alpha value is 0.439. The number of aliphatic hydroxyl groups excluding tert-OH is 2. The molecule has 2 saturated carbocycles. The SMILES string of the molecule is OC[C]1[CH][CH][CH][CH]1.OC[C]1[CH][CH][CH][CH]1.[Fe+2]. The summed E-state index contributed by atoms with van der Waals surface area (Å²) >= 11 is 0. The third-order valence-electron chi connectivity index (χ3n) is 1.83. The Morgan fingerprint density at radius 1 is 0.667 bits per heavy atom. The first-order valence-electron chi connectivity index (χ1n) is 4.49. The molecule has 10 radical (unpaired) electrons. The van der Waals surface area contributed by atoms with Gasteiger partial charge in [0.05, 0.1) is 0 Å². The topological polar surface area (TPSA) is 40.5 Å². The van der Waals surface area contributed by atoms with E-state index in [0.717, 1.165) is 11.8 Å². The molecule has 0 bridgehead atoms. The maximum Gasteiger partial charge on any atom is 2.00 e. The summed E-state index contributed by atoms with van der Waals surface area (Å²) in [4.78, 5) is 0. The van der Waals surface area contributed by atoms with Crippen LogP contribution >= 0.6 is 0 Å². The van der Waals surface area contributed by atoms with Crippen molar-refractivity contribution in [2.24, 2.45) is 0 Å². The van der Waals surface area contributed by atoms with Crippen molar-refractivity contribution in [2.45, 2.75) is 0 Å². The van der Waals surface area contributed by atoms with Crippen LogP contribution in [0.1, 0.15) is 0 Å². The van der Waals surface area contributed by atoms with E-state index in [1.54, 1.807) is 0 Å². The summed E-state index contributed by atoms with van der Waals surface area (Å²) in [7, 11) is 0. The predicted molar refractivity (Wildman–Crippen MR) is 55.1 cm³/mol. The average Bonchev–Trinajstić information content (AvgIpc) is 2.92. The molecule has 3 heteroatoms. The summed E-state index contributed by atoms with van der Waals surface area (Å²) in [6, 6.07) is 0. The zero-order valence-electron chi connectivity index (χ0n) is 8.28. The van der Waals surface area contributed by atoms with Gasteiger partial charge < -0.3 is 10.2 Å². The van der Waals surface area contributed by atoms with Crippen LogP contribution in [0.3, 0.4) is 0 Å². The van der Waals surface area contributed by atoms with E-state index in [4.69, 9.17) is 10.2 Å². The fourth-order valence-electron chi connectivity index (χ4n) is 1.04. The van der Waals surface area contributed by atoms with Crippen molar-refractivity contribution in [1.29, 1.82) is 0 Å². The molecule has 0 aromatic carbocycles. The van der Waals surface area contributed by atoms with Crippen molar-refractivity contribution < 1.29 is 27.3 Å². The van der Waals surface area contributed by atoms with Gasteiger partial charge in [-0.25, -0.2) is 0 Å². The number of rotatable bonds is 2. The molecule has 2 aliphatic carbocycles. The van der Waals surface area contributed by atoms with Crippen LogP contribution in [0, 0.1) is 63.2 Å². The third-order valence-corrected chi connectivity index (χ3v) is 1.83. The van der Waals surface area contributed by atoms with Gasteiger partial charge in [-0.1, -0.05) is 0 Å². The molecule has 0 spiro atoms. The Kier molecular flexibility index (Phi) is 9.93. The van der Waals surface area contributed by atoms with Crippen LogP contribution < -0.4 is 0 Å². The van der Waals surface area contributed by atoms with Crippen molar-refractivity contribution in [3.05, 3.63) is 63.2 Å². The largest absolute Gasteiger partial charge is 2.00 e. The second kappa shape index (κ2) is 9.65. The Bertz CT molecular complexity index is 114. The third kappa shape index (κ3) is 6.57. The van der Waals surface area contributed by atoms with Crippen LogP contribution in [0.4, 0.5) is 0 Å². The molecule has 0 unspecified atom stereocenters. The van der Waals surface area contributed by atoms with E-state index in [1.807, 2.05) is 51.4 Å². The maximum absolute atomic E-state index is 8.43. The van der Waals surface area contributed by atoms with Gasteiger partial charge in [0.25, 0.3) is 0 Å². The molecule has 2 aliphatic rings. The van der Waals surface area contributed by atoms with Gasteiger partial charge >= 0.3 is 17.1 Å². The van der Waals surface area contributed by atoms with Gasteiger partial charge in [-0.2, -0.15) is 0 Å². The molecule has 2 fully saturated rings. The Morgan fingerprint density at radius 3 is 1.07 bits per heavy atom. The van der Waals surface area contributed by atoms with Gasteiger partial charge in [0.2, 0.25) is 0 Å². The van der Waals surface area contributed by atoms with E-state index in [2.05, 4.69) is 0 Å². The van der Waals surface area contributed by atoms with Crippen LogP contribution in [0.5, 0.6) is 0 Å². The molecular formula is C12H14FeO2+2. The normalized spacial score (nSPS) is 22.0. The molecule has 0 aliphatic heterocycles. The van der Waals surface area contributed by atoms with Crippen LogP contribution in [0.2, 0.25) is 0 Å². The number of hydrogen-bond acceptors (Lipinski definition) is 2. The summed E-state index contributed by atoms with van der Waals surface area (Å²) in [5.41, 5.74) is 0. The molecule has 15 heavy (non-hydrogen) atoms. The Labute approximate surface area is 104 Å². The van der Waals surface area contributed by atoms with Gasteiger partial charge in [-0.3, -0.25) is 0 Å². The predicted octanol–water partition coefficient (Wildman–Crippen LogP) is 0.765. The Balaban J connectivity index is 0.000000245. The molecule has 0 atom stereocenters. The molecule has 0 heterocycles. The van der Waals surface area contributed by atoms with Crippen molar-refractivity contribution >= 4 is 0 Å². The minimum atomic E-state index is 0. The zero-order chi connectivity index (χ0) is 10.2. The fraction of sp³-hybridized carbons (Fsp3) is 0.167. The van der Waals surface area contributed by atoms with Crippen LogP contribution in [-0.4, -0.2) is 23.4 Å². The zero-order valence-corrected chi connectivity index (χ0v) is 9.39. The van der Waals surface area contributed by atoms with Gasteiger partial charge in [0.1, 0.15) is 0 Å². The second-order valence-electron chi connectivity index (χ2n) is 2.90. The van der Waals surface area contributed by atoms with Crippen molar-refractivity contribution in [2.75, 3.05) is 13.2 Å². The first kappa shape index (κ1) is 15.4. The Morgan fingerprint density at radius 2 is 0.933 bits per heavy atom. The van der Waals surface area contributed by atoms with Crippen molar-refractivity contribution in [3.63, 3.8) is 0 Å². The molecule has 0 amide bonds. The molecule has 2 rings (SSSR count). The molecule has 0 aromatic rings. The summed E-state index contributed by atoms with van der Waals surface area (Å²) in [6.45, 7) is 0.319. The van der Waals surface area contributed by atoms with Crippen molar-refractivity contribution in [1.82, 2.24) is 0 Å². The maximum atomic E-state index is 8.43. The van der Waals surface area contributed by atoms with E-state index < -0.39 is 0 Å². The van der Waals surface area contributed by atoms with Crippen LogP contribution in [0.25, 0.3) is 0 Å². The molecule has 2 nitrogen and oxygen atoms in total. The van der Waals surface area contributed by atoms with Crippen LogP contribution in [0.15, 0.2) is 0 Å². The van der Waals surface area contributed by atoms with Crippen LogP contribution in [-0.2, 0) is 17.1 Å². The average molecular weight is 246 g/mol. The summed E-state index contributed by atoms with van der Waals surface area (Å²) in [5, 5.41) is 16.9. The van der Waals surface area contributed by atoms with E-state index in [1.165, 1.54) is 0 Å². The van der Waals surface area contributed by atoms with Gasteiger partial charge in [0, 0.05) is 25.0 Å². The minimum absolute atomic E-state index is 0. The first-order chi connectivity index (χ1) is 6.86. The molecule has 0 saturated heterocycles. The summed E-state index contributed by atoms with van der Waals surface area (Å²) in [6.07, 6.45) is 15.2. The first-order valence-corrected chi connectivity index (χ1v) is 4.49. The van der Waals surface area contributed by atoms with Gasteiger partial charge in [0.15, 0.2) is 0 Å². The molecule has 2 N–H and O–H groups in total.